The number of nitrogens with two attached hydrogens (primary N) is 2. The third kappa shape index (κ3) is 5.33. The fraction of sp³-hybridized carbons (Fsp3) is 0.276. The Morgan fingerprint density at radius 3 is 1.94 bits per heavy atom. The zero-order valence-corrected chi connectivity index (χ0v) is 19.8. The van der Waals surface area contributed by atoms with Crippen LogP contribution in [0.1, 0.15) is 42.4 Å². The van der Waals surface area contributed by atoms with Crippen LogP contribution >= 0.6 is 0 Å². The van der Waals surface area contributed by atoms with Crippen LogP contribution in [-0.4, -0.2) is 35.1 Å². The summed E-state index contributed by atoms with van der Waals surface area (Å²) in [4.78, 5) is 32.5. The number of benzene rings is 3. The Morgan fingerprint density at radius 1 is 0.829 bits per heavy atom. The minimum atomic E-state index is -1.17. The van der Waals surface area contributed by atoms with E-state index in [-0.39, 0.29) is 17.6 Å². The monoisotopic (exact) mass is 468 g/mol. The summed E-state index contributed by atoms with van der Waals surface area (Å²) >= 11 is 0. The van der Waals surface area contributed by atoms with Crippen LogP contribution in [0.15, 0.2) is 96.0 Å². The summed E-state index contributed by atoms with van der Waals surface area (Å²) in [6, 6.07) is 28.4. The number of Topliss-reactive ketones (excluding diaryl/α,β-unsaturated/α-hetero) is 1. The molecule has 1 aliphatic heterocycles. The predicted molar refractivity (Wildman–Crippen MR) is 139 cm³/mol. The first-order valence-electron chi connectivity index (χ1n) is 12.1. The molecular weight excluding hydrogens is 436 g/mol. The summed E-state index contributed by atoms with van der Waals surface area (Å²) in [6.07, 6.45) is 3.23. The first-order chi connectivity index (χ1) is 17.0. The van der Waals surface area contributed by atoms with Crippen molar-refractivity contribution in [2.75, 3.05) is 6.54 Å². The first-order valence-corrected chi connectivity index (χ1v) is 12.1. The lowest BCUT2D eigenvalue weighted by atomic mass is 9.83. The Labute approximate surface area is 206 Å². The van der Waals surface area contributed by atoms with Crippen molar-refractivity contribution < 1.29 is 9.59 Å². The molecule has 0 bridgehead atoms. The van der Waals surface area contributed by atoms with Crippen LogP contribution in [0.4, 0.5) is 0 Å². The molecule has 0 radical (unpaired) electrons. The van der Waals surface area contributed by atoms with Crippen molar-refractivity contribution in [3.63, 3.8) is 0 Å². The van der Waals surface area contributed by atoms with Gasteiger partial charge in [0.15, 0.2) is 11.5 Å². The Bertz CT molecular complexity index is 1120. The summed E-state index contributed by atoms with van der Waals surface area (Å²) in [5.74, 6) is 0.149. The van der Waals surface area contributed by atoms with Gasteiger partial charge in [-0.3, -0.25) is 14.5 Å². The molecule has 1 amide bonds. The normalized spacial score (nSPS) is 15.6. The van der Waals surface area contributed by atoms with Gasteiger partial charge >= 0.3 is 0 Å². The minimum Gasteiger partial charge on any atom is -0.369 e. The number of amides is 1. The molecule has 3 aromatic carbocycles. The van der Waals surface area contributed by atoms with Crippen molar-refractivity contribution in [1.82, 2.24) is 4.90 Å². The number of hydrogen-bond acceptors (Lipinski definition) is 5. The van der Waals surface area contributed by atoms with Gasteiger partial charge in [-0.15, -0.1) is 0 Å². The third-order valence-corrected chi connectivity index (χ3v) is 6.51. The Balaban J connectivity index is 1.34. The number of aliphatic imine (C=N–C) groups is 1. The number of rotatable bonds is 11. The quantitative estimate of drug-likeness (QED) is 0.418. The van der Waals surface area contributed by atoms with E-state index in [1.807, 2.05) is 91.0 Å². The average molecular weight is 469 g/mol. The second-order valence-corrected chi connectivity index (χ2v) is 8.94. The molecule has 0 saturated heterocycles. The van der Waals surface area contributed by atoms with E-state index in [0.717, 1.165) is 36.0 Å². The standard InChI is InChI=1S/C29H32N4O2/c30-25(21-22-13-5-1-6-14-22)26(34)19-11-4-12-20-33-27(35)29(32-28(33)31,23-15-7-2-8-16-23)24-17-9-3-10-18-24/h1-3,5-10,13-18,25H,4,11-12,19-21,30H2,(H2,31,32)/t25-/m0/s1. The van der Waals surface area contributed by atoms with Crippen molar-refractivity contribution in [2.45, 2.75) is 43.7 Å². The molecule has 0 fully saturated rings. The molecule has 0 unspecified atom stereocenters. The highest BCUT2D eigenvalue weighted by molar-refractivity contribution is 6.09. The Morgan fingerprint density at radius 2 is 1.37 bits per heavy atom. The van der Waals surface area contributed by atoms with E-state index < -0.39 is 11.6 Å². The second kappa shape index (κ2) is 11.1. The van der Waals surface area contributed by atoms with Crippen LogP contribution in [0.5, 0.6) is 0 Å². The number of nitrogens with zero attached hydrogens (tertiary/aromatic N) is 2. The van der Waals surface area contributed by atoms with Crippen LogP contribution in [0.2, 0.25) is 0 Å². The summed E-state index contributed by atoms with van der Waals surface area (Å²) in [5.41, 5.74) is 13.9. The van der Waals surface area contributed by atoms with Gasteiger partial charge in [0.25, 0.3) is 5.91 Å². The predicted octanol–water partition coefficient (Wildman–Crippen LogP) is 3.79. The van der Waals surface area contributed by atoms with Crippen LogP contribution in [0.3, 0.4) is 0 Å². The van der Waals surface area contributed by atoms with Gasteiger partial charge in [0, 0.05) is 13.0 Å². The number of carbonyl (C=O) groups excluding carboxylic acids is 2. The summed E-state index contributed by atoms with van der Waals surface area (Å²) < 4.78 is 0. The van der Waals surface area contributed by atoms with Gasteiger partial charge in [-0.05, 0) is 36.0 Å². The van der Waals surface area contributed by atoms with E-state index in [0.29, 0.717) is 19.4 Å². The highest BCUT2D eigenvalue weighted by Gasteiger charge is 2.50. The fourth-order valence-electron chi connectivity index (χ4n) is 4.61. The molecule has 0 aliphatic carbocycles. The molecule has 6 heteroatoms. The van der Waals surface area contributed by atoms with Gasteiger partial charge in [-0.1, -0.05) is 97.4 Å². The Hall–Kier alpha value is -3.77. The molecular formula is C29H32N4O2. The maximum Gasteiger partial charge on any atom is 0.266 e. The number of hydrogen-bond donors (Lipinski definition) is 2. The molecule has 180 valence electrons. The number of unbranched alkanes of at least 4 members (excludes halogenated alkanes) is 2. The zero-order valence-electron chi connectivity index (χ0n) is 19.8. The highest BCUT2D eigenvalue weighted by atomic mass is 16.2. The molecule has 3 aromatic rings. The summed E-state index contributed by atoms with van der Waals surface area (Å²) in [6.45, 7) is 0.458. The maximum absolute atomic E-state index is 13.7. The second-order valence-electron chi connectivity index (χ2n) is 8.94. The van der Waals surface area contributed by atoms with Gasteiger partial charge in [-0.25, -0.2) is 4.99 Å². The fourth-order valence-corrected chi connectivity index (χ4v) is 4.61. The number of guanidine groups is 1. The molecule has 1 heterocycles. The SMILES string of the molecule is NC1=NC(c2ccccc2)(c2ccccc2)C(=O)N1CCCCCC(=O)[C@@H](N)Cc1ccccc1. The van der Waals surface area contributed by atoms with Crippen molar-refractivity contribution in [3.05, 3.63) is 108 Å². The van der Waals surface area contributed by atoms with E-state index >= 15 is 0 Å². The topological polar surface area (TPSA) is 102 Å². The average Bonchev–Trinajstić information content (AvgIpc) is 3.15. The lowest BCUT2D eigenvalue weighted by Crippen LogP contribution is -2.44. The summed E-state index contributed by atoms with van der Waals surface area (Å²) in [5, 5.41) is 0. The van der Waals surface area contributed by atoms with E-state index in [2.05, 4.69) is 0 Å². The van der Waals surface area contributed by atoms with Gasteiger partial charge in [0.1, 0.15) is 5.78 Å². The molecule has 1 atom stereocenters. The van der Waals surface area contributed by atoms with Gasteiger partial charge < -0.3 is 11.5 Å². The van der Waals surface area contributed by atoms with Crippen LogP contribution in [-0.2, 0) is 21.5 Å². The number of carbonyl (C=O) groups is 2. The van der Waals surface area contributed by atoms with Crippen LogP contribution < -0.4 is 11.5 Å². The van der Waals surface area contributed by atoms with Crippen LogP contribution in [0, 0.1) is 0 Å². The molecule has 1 aliphatic rings. The van der Waals surface area contributed by atoms with Gasteiger partial charge in [0.05, 0.1) is 6.04 Å². The van der Waals surface area contributed by atoms with Crippen molar-refractivity contribution in [1.29, 1.82) is 0 Å². The van der Waals surface area contributed by atoms with Crippen molar-refractivity contribution in [3.8, 4) is 0 Å². The lowest BCUT2D eigenvalue weighted by molar-refractivity contribution is -0.130. The van der Waals surface area contributed by atoms with E-state index in [1.54, 1.807) is 4.90 Å². The largest absolute Gasteiger partial charge is 0.369 e. The molecule has 6 nitrogen and oxygen atoms in total. The highest BCUT2D eigenvalue weighted by Crippen LogP contribution is 2.39. The maximum atomic E-state index is 13.7. The van der Waals surface area contributed by atoms with E-state index in [9.17, 15) is 9.59 Å². The molecule has 35 heavy (non-hydrogen) atoms. The van der Waals surface area contributed by atoms with Gasteiger partial charge in [-0.2, -0.15) is 0 Å². The van der Waals surface area contributed by atoms with Crippen molar-refractivity contribution >= 4 is 17.6 Å². The zero-order chi connectivity index (χ0) is 24.7. The van der Waals surface area contributed by atoms with Gasteiger partial charge in [0.2, 0.25) is 0 Å². The minimum absolute atomic E-state index is 0.0688. The Kier molecular flexibility index (Phi) is 7.73. The van der Waals surface area contributed by atoms with Crippen molar-refractivity contribution in [2.24, 2.45) is 16.5 Å². The smallest absolute Gasteiger partial charge is 0.266 e. The third-order valence-electron chi connectivity index (χ3n) is 6.51. The molecule has 0 saturated carbocycles. The summed E-state index contributed by atoms with van der Waals surface area (Å²) in [7, 11) is 0. The van der Waals surface area contributed by atoms with Crippen LogP contribution in [0.25, 0.3) is 0 Å². The van der Waals surface area contributed by atoms with E-state index in [4.69, 9.17) is 16.5 Å². The van der Waals surface area contributed by atoms with E-state index in [1.165, 1.54) is 0 Å². The molecule has 0 spiro atoms. The molecule has 4 N–H and O–H groups in total. The molecule has 0 aromatic heterocycles. The lowest BCUT2D eigenvalue weighted by Gasteiger charge is -2.27. The number of ketones is 1. The first kappa shape index (κ1) is 24.4. The molecule has 4 rings (SSSR count).